The van der Waals surface area contributed by atoms with Gasteiger partial charge in [0.05, 0.1) is 20.6 Å². The topological polar surface area (TPSA) is 86.8 Å². The van der Waals surface area contributed by atoms with Crippen LogP contribution in [0.4, 0.5) is 5.69 Å². The van der Waals surface area contributed by atoms with Crippen LogP contribution in [0.1, 0.15) is 38.3 Å². The lowest BCUT2D eigenvalue weighted by Gasteiger charge is -2.32. The second-order valence-corrected chi connectivity index (χ2v) is 12.7. The van der Waals surface area contributed by atoms with Gasteiger partial charge in [0.2, 0.25) is 11.8 Å². The highest BCUT2D eigenvalue weighted by Crippen LogP contribution is 2.31. The molecule has 0 spiro atoms. The Labute approximate surface area is 251 Å². The number of anilines is 1. The fraction of sp³-hybridized carbons (Fsp3) is 0.310. The van der Waals surface area contributed by atoms with Crippen molar-refractivity contribution in [1.82, 2.24) is 10.2 Å². The summed E-state index contributed by atoms with van der Waals surface area (Å²) in [6, 6.07) is 16.5. The Balaban J connectivity index is 2.04. The van der Waals surface area contributed by atoms with E-state index in [1.165, 1.54) is 35.2 Å². The molecule has 40 heavy (non-hydrogen) atoms. The summed E-state index contributed by atoms with van der Waals surface area (Å²) in [6.07, 6.45) is 0.712. The van der Waals surface area contributed by atoms with Crippen LogP contribution < -0.4 is 9.62 Å². The van der Waals surface area contributed by atoms with Gasteiger partial charge in [0, 0.05) is 17.6 Å². The molecule has 0 aliphatic rings. The first-order valence-corrected chi connectivity index (χ1v) is 15.3. The third-order valence-corrected chi connectivity index (χ3v) is 9.29. The van der Waals surface area contributed by atoms with E-state index in [4.69, 9.17) is 34.8 Å². The predicted octanol–water partition coefficient (Wildman–Crippen LogP) is 6.48. The van der Waals surface area contributed by atoms with Crippen LogP contribution in [0.3, 0.4) is 0 Å². The van der Waals surface area contributed by atoms with Gasteiger partial charge >= 0.3 is 0 Å². The summed E-state index contributed by atoms with van der Waals surface area (Å²) in [7, 11) is -4.21. The summed E-state index contributed by atoms with van der Waals surface area (Å²) in [5, 5.41) is 3.80. The van der Waals surface area contributed by atoms with E-state index in [-0.39, 0.29) is 39.1 Å². The van der Waals surface area contributed by atoms with Crippen LogP contribution in [0.25, 0.3) is 0 Å². The van der Waals surface area contributed by atoms with Crippen LogP contribution in [-0.4, -0.2) is 43.8 Å². The maximum absolute atomic E-state index is 13.9. The molecular weight excluding hydrogens is 593 g/mol. The molecule has 214 valence electrons. The van der Waals surface area contributed by atoms with Crippen molar-refractivity contribution in [1.29, 1.82) is 0 Å². The van der Waals surface area contributed by atoms with Gasteiger partial charge in [0.25, 0.3) is 10.0 Å². The first kappa shape index (κ1) is 31.7. The molecule has 0 saturated carbocycles. The molecule has 0 aromatic heterocycles. The van der Waals surface area contributed by atoms with E-state index in [0.717, 1.165) is 15.4 Å². The molecule has 7 nitrogen and oxygen atoms in total. The first-order chi connectivity index (χ1) is 18.8. The fourth-order valence-corrected chi connectivity index (χ4v) is 5.67. The van der Waals surface area contributed by atoms with Crippen molar-refractivity contribution >= 4 is 62.3 Å². The molecule has 0 fully saturated rings. The Morgan fingerprint density at radius 3 is 2.10 bits per heavy atom. The van der Waals surface area contributed by atoms with Crippen molar-refractivity contribution in [3.05, 3.63) is 92.9 Å². The van der Waals surface area contributed by atoms with Crippen LogP contribution in [0.2, 0.25) is 15.1 Å². The van der Waals surface area contributed by atoms with Crippen LogP contribution in [0, 0.1) is 6.92 Å². The molecule has 1 N–H and O–H groups in total. The predicted molar refractivity (Wildman–Crippen MR) is 162 cm³/mol. The van der Waals surface area contributed by atoms with Crippen LogP contribution in [0.5, 0.6) is 0 Å². The summed E-state index contributed by atoms with van der Waals surface area (Å²) in [6.45, 7) is 6.75. The molecule has 0 aliphatic heterocycles. The molecule has 3 rings (SSSR count). The van der Waals surface area contributed by atoms with Gasteiger partial charge in [0.15, 0.2) is 0 Å². The Morgan fingerprint density at radius 1 is 0.900 bits per heavy atom. The smallest absolute Gasteiger partial charge is 0.264 e. The molecule has 11 heteroatoms. The molecule has 2 atom stereocenters. The van der Waals surface area contributed by atoms with Gasteiger partial charge in [0.1, 0.15) is 12.6 Å². The minimum atomic E-state index is -4.21. The largest absolute Gasteiger partial charge is 0.352 e. The number of carbonyl (C=O) groups is 2. The number of halogens is 3. The summed E-state index contributed by atoms with van der Waals surface area (Å²) < 4.78 is 28.7. The standard InChI is InChI=1S/C29H32Cl3N3O4S/c1-5-20(3)33-29(37)21(4)34(17-22-8-10-23(30)11-9-22)28(36)18-35(24-12-15-26(31)27(32)16-24)40(38,39)25-13-6-19(2)7-14-25/h6-16,20-21H,5,17-18H2,1-4H3,(H,33,37). The van der Waals surface area contributed by atoms with Gasteiger partial charge in [-0.3, -0.25) is 13.9 Å². The quantitative estimate of drug-likeness (QED) is 0.265. The number of nitrogens with zero attached hydrogens (tertiary/aromatic N) is 2. The number of nitrogens with one attached hydrogen (secondary N) is 1. The van der Waals surface area contributed by atoms with Gasteiger partial charge in [-0.15, -0.1) is 0 Å². The Kier molecular flexibility index (Phi) is 10.9. The van der Waals surface area contributed by atoms with E-state index in [0.29, 0.717) is 11.4 Å². The summed E-state index contributed by atoms with van der Waals surface area (Å²) in [4.78, 5) is 28.4. The van der Waals surface area contributed by atoms with Gasteiger partial charge in [-0.2, -0.15) is 0 Å². The van der Waals surface area contributed by atoms with Gasteiger partial charge in [-0.25, -0.2) is 8.42 Å². The Hall–Kier alpha value is -2.78. The normalized spacial score (nSPS) is 12.9. The summed E-state index contributed by atoms with van der Waals surface area (Å²) in [5.41, 5.74) is 1.77. The second kappa shape index (κ2) is 13.7. The van der Waals surface area contributed by atoms with Crippen molar-refractivity contribution in [2.24, 2.45) is 0 Å². The average Bonchev–Trinajstić information content (AvgIpc) is 2.92. The second-order valence-electron chi connectivity index (χ2n) is 9.57. The van der Waals surface area contributed by atoms with Crippen molar-refractivity contribution in [3.8, 4) is 0 Å². The molecule has 0 aliphatic carbocycles. The molecule has 2 amide bonds. The van der Waals surface area contributed by atoms with E-state index in [1.54, 1.807) is 43.3 Å². The van der Waals surface area contributed by atoms with Crippen LogP contribution >= 0.6 is 34.8 Å². The van der Waals surface area contributed by atoms with Crippen molar-refractivity contribution in [3.63, 3.8) is 0 Å². The van der Waals surface area contributed by atoms with Crippen molar-refractivity contribution < 1.29 is 18.0 Å². The van der Waals surface area contributed by atoms with E-state index >= 15 is 0 Å². The minimum absolute atomic E-state index is 0.00351. The van der Waals surface area contributed by atoms with E-state index in [9.17, 15) is 18.0 Å². The number of sulfonamides is 1. The lowest BCUT2D eigenvalue weighted by atomic mass is 10.1. The zero-order valence-corrected chi connectivity index (χ0v) is 25.8. The molecule has 3 aromatic carbocycles. The maximum atomic E-state index is 13.9. The molecular formula is C29H32Cl3N3O4S. The van der Waals surface area contributed by atoms with Crippen molar-refractivity contribution in [2.75, 3.05) is 10.8 Å². The SMILES string of the molecule is CCC(C)NC(=O)C(C)N(Cc1ccc(Cl)cc1)C(=O)CN(c1ccc(Cl)c(Cl)c1)S(=O)(=O)c1ccc(C)cc1. The van der Waals surface area contributed by atoms with Gasteiger partial charge < -0.3 is 10.2 Å². The lowest BCUT2D eigenvalue weighted by Crippen LogP contribution is -2.52. The number of hydrogen-bond donors (Lipinski definition) is 1. The van der Waals surface area contributed by atoms with Gasteiger partial charge in [-0.05, 0) is 75.2 Å². The number of rotatable bonds is 11. The average molecular weight is 625 g/mol. The molecule has 0 saturated heterocycles. The number of aryl methyl sites for hydroxylation is 1. The minimum Gasteiger partial charge on any atom is -0.352 e. The summed E-state index contributed by atoms with van der Waals surface area (Å²) >= 11 is 18.4. The highest BCUT2D eigenvalue weighted by atomic mass is 35.5. The van der Waals surface area contributed by atoms with Gasteiger partial charge in [-0.1, -0.05) is 71.6 Å². The highest BCUT2D eigenvalue weighted by molar-refractivity contribution is 7.92. The van der Waals surface area contributed by atoms with Crippen molar-refractivity contribution in [2.45, 2.75) is 57.6 Å². The Bertz CT molecular complexity index is 1450. The summed E-state index contributed by atoms with van der Waals surface area (Å²) in [5.74, 6) is -0.928. The number of hydrogen-bond acceptors (Lipinski definition) is 4. The third-order valence-electron chi connectivity index (χ3n) is 6.51. The van der Waals surface area contributed by atoms with E-state index < -0.39 is 28.5 Å². The molecule has 0 bridgehead atoms. The molecule has 0 heterocycles. The first-order valence-electron chi connectivity index (χ1n) is 12.7. The zero-order valence-electron chi connectivity index (χ0n) is 22.7. The zero-order chi connectivity index (χ0) is 29.6. The maximum Gasteiger partial charge on any atom is 0.264 e. The number of benzene rings is 3. The number of amides is 2. The number of carbonyl (C=O) groups excluding carboxylic acids is 2. The molecule has 3 aromatic rings. The third kappa shape index (κ3) is 7.91. The fourth-order valence-electron chi connectivity index (χ4n) is 3.84. The van der Waals surface area contributed by atoms with E-state index in [2.05, 4.69) is 5.32 Å². The lowest BCUT2D eigenvalue weighted by molar-refractivity contribution is -0.139. The Morgan fingerprint density at radius 2 is 1.52 bits per heavy atom. The van der Waals surface area contributed by atoms with Crippen LogP contribution in [-0.2, 0) is 26.2 Å². The highest BCUT2D eigenvalue weighted by Gasteiger charge is 2.33. The monoisotopic (exact) mass is 623 g/mol. The molecule has 0 radical (unpaired) electrons. The van der Waals surface area contributed by atoms with Crippen LogP contribution in [0.15, 0.2) is 71.6 Å². The van der Waals surface area contributed by atoms with E-state index in [1.807, 2.05) is 20.8 Å². The molecule has 2 unspecified atom stereocenters.